The van der Waals surface area contributed by atoms with Gasteiger partial charge in [-0.1, -0.05) is 57.8 Å². The molecule has 0 atom stereocenters. The van der Waals surface area contributed by atoms with Crippen LogP contribution >= 0.6 is 11.3 Å². The van der Waals surface area contributed by atoms with Crippen molar-refractivity contribution in [1.82, 2.24) is 5.32 Å². The predicted molar refractivity (Wildman–Crippen MR) is 91.1 cm³/mol. The highest BCUT2D eigenvalue weighted by molar-refractivity contribution is 7.12. The van der Waals surface area contributed by atoms with E-state index < -0.39 is 0 Å². The van der Waals surface area contributed by atoms with Gasteiger partial charge in [-0.15, -0.1) is 11.3 Å². The fourth-order valence-electron chi connectivity index (χ4n) is 3.16. The Morgan fingerprint density at radius 3 is 2.00 bits per heavy atom. The van der Waals surface area contributed by atoms with Crippen molar-refractivity contribution < 1.29 is 4.79 Å². The molecule has 0 bridgehead atoms. The second kappa shape index (κ2) is 9.24. The van der Waals surface area contributed by atoms with E-state index in [9.17, 15) is 4.79 Å². The zero-order valence-corrected chi connectivity index (χ0v) is 14.1. The Kier molecular flexibility index (Phi) is 7.28. The molecule has 1 N–H and O–H groups in total. The second-order valence-corrected chi connectivity index (χ2v) is 7.28. The fraction of sp³-hybridized carbons (Fsp3) is 0.722. The average molecular weight is 308 g/mol. The third-order valence-electron chi connectivity index (χ3n) is 4.51. The first-order chi connectivity index (χ1) is 10.3. The predicted octanol–water partition coefficient (Wildman–Crippen LogP) is 5.46. The maximum atomic E-state index is 12.4. The van der Waals surface area contributed by atoms with Crippen LogP contribution in [-0.4, -0.2) is 11.9 Å². The summed E-state index contributed by atoms with van der Waals surface area (Å²) in [7, 11) is 0. The van der Waals surface area contributed by atoms with Gasteiger partial charge < -0.3 is 5.32 Å². The summed E-state index contributed by atoms with van der Waals surface area (Å²) in [6, 6.07) is 2.40. The maximum absolute atomic E-state index is 12.4. The van der Waals surface area contributed by atoms with Crippen LogP contribution in [0.3, 0.4) is 0 Å². The van der Waals surface area contributed by atoms with E-state index >= 15 is 0 Å². The highest BCUT2D eigenvalue weighted by Gasteiger charge is 2.16. The van der Waals surface area contributed by atoms with Crippen LogP contribution in [0.1, 0.15) is 85.9 Å². The Bertz CT molecular complexity index is 415. The molecule has 1 aromatic heterocycles. The Morgan fingerprint density at radius 1 is 1.00 bits per heavy atom. The van der Waals surface area contributed by atoms with Crippen molar-refractivity contribution in [2.75, 3.05) is 0 Å². The topological polar surface area (TPSA) is 29.1 Å². The lowest BCUT2D eigenvalue weighted by Crippen LogP contribution is -2.34. The summed E-state index contributed by atoms with van der Waals surface area (Å²) in [6.45, 7) is 2.02. The molecule has 0 spiro atoms. The van der Waals surface area contributed by atoms with Crippen LogP contribution < -0.4 is 5.32 Å². The molecule has 1 saturated carbocycles. The molecule has 0 aliphatic heterocycles. The number of rotatable bonds is 2. The van der Waals surface area contributed by atoms with E-state index in [0.717, 1.165) is 23.3 Å². The second-order valence-electron chi connectivity index (χ2n) is 6.36. The molecule has 1 heterocycles. The first kappa shape index (κ1) is 16.5. The third kappa shape index (κ3) is 5.82. The van der Waals surface area contributed by atoms with Crippen LogP contribution in [0.2, 0.25) is 0 Å². The smallest absolute Gasteiger partial charge is 0.261 e. The first-order valence-corrected chi connectivity index (χ1v) is 9.50. The van der Waals surface area contributed by atoms with Gasteiger partial charge >= 0.3 is 0 Å². The van der Waals surface area contributed by atoms with Crippen LogP contribution in [0.25, 0.3) is 0 Å². The van der Waals surface area contributed by atoms with Crippen LogP contribution in [0, 0.1) is 6.92 Å². The normalized spacial score (nSPS) is 19.5. The standard InChI is InChI=1S/C18H29NOS/c1-15-13-14-21-17(15)18(20)19-16-11-9-7-5-3-2-4-6-8-10-12-16/h13-14,16H,2-12H2,1H3,(H,19,20). The highest BCUT2D eigenvalue weighted by atomic mass is 32.1. The fourth-order valence-corrected chi connectivity index (χ4v) is 3.99. The van der Waals surface area contributed by atoms with Crippen molar-refractivity contribution in [3.8, 4) is 0 Å². The van der Waals surface area contributed by atoms with Crippen molar-refractivity contribution in [2.24, 2.45) is 0 Å². The Balaban J connectivity index is 1.85. The highest BCUT2D eigenvalue weighted by Crippen LogP contribution is 2.19. The monoisotopic (exact) mass is 307 g/mol. The number of carbonyl (C=O) groups excluding carboxylic acids is 1. The summed E-state index contributed by atoms with van der Waals surface area (Å²) in [5, 5.41) is 5.29. The largest absolute Gasteiger partial charge is 0.349 e. The minimum Gasteiger partial charge on any atom is -0.349 e. The lowest BCUT2D eigenvalue weighted by molar-refractivity contribution is 0.0935. The van der Waals surface area contributed by atoms with Gasteiger partial charge in [-0.3, -0.25) is 4.79 Å². The average Bonchev–Trinajstić information content (AvgIpc) is 2.88. The molecule has 1 aliphatic rings. The Hall–Kier alpha value is -0.830. The SMILES string of the molecule is Cc1ccsc1C(=O)NC1CCCCCCCCCCC1. The number of hydrogen-bond acceptors (Lipinski definition) is 2. The van der Waals surface area contributed by atoms with Gasteiger partial charge in [0.15, 0.2) is 0 Å². The molecule has 21 heavy (non-hydrogen) atoms. The van der Waals surface area contributed by atoms with Crippen molar-refractivity contribution in [2.45, 2.75) is 83.6 Å². The van der Waals surface area contributed by atoms with E-state index in [2.05, 4.69) is 5.32 Å². The number of hydrogen-bond donors (Lipinski definition) is 1. The van der Waals surface area contributed by atoms with Gasteiger partial charge in [-0.2, -0.15) is 0 Å². The molecule has 0 radical (unpaired) electrons. The van der Waals surface area contributed by atoms with E-state index in [1.165, 1.54) is 57.8 Å². The number of amides is 1. The van der Waals surface area contributed by atoms with Gasteiger partial charge in [0.2, 0.25) is 0 Å². The van der Waals surface area contributed by atoms with Gasteiger partial charge in [0.1, 0.15) is 0 Å². The number of carbonyl (C=O) groups is 1. The van der Waals surface area contributed by atoms with Crippen molar-refractivity contribution in [3.05, 3.63) is 21.9 Å². The molecule has 118 valence electrons. The van der Waals surface area contributed by atoms with Gasteiger partial charge in [-0.25, -0.2) is 0 Å². The summed E-state index contributed by atoms with van der Waals surface area (Å²) in [6.07, 6.45) is 14.4. The zero-order chi connectivity index (χ0) is 14.9. The van der Waals surface area contributed by atoms with Crippen LogP contribution in [0.15, 0.2) is 11.4 Å². The molecule has 0 saturated heterocycles. The molecule has 1 amide bonds. The lowest BCUT2D eigenvalue weighted by atomic mass is 9.98. The molecule has 1 fully saturated rings. The maximum Gasteiger partial charge on any atom is 0.261 e. The molecule has 0 aromatic carbocycles. The zero-order valence-electron chi connectivity index (χ0n) is 13.3. The first-order valence-electron chi connectivity index (χ1n) is 8.62. The lowest BCUT2D eigenvalue weighted by Gasteiger charge is -2.19. The van der Waals surface area contributed by atoms with E-state index in [-0.39, 0.29) is 5.91 Å². The molecule has 1 aromatic rings. The van der Waals surface area contributed by atoms with Crippen molar-refractivity contribution in [1.29, 1.82) is 0 Å². The molecule has 0 unspecified atom stereocenters. The Morgan fingerprint density at radius 2 is 1.52 bits per heavy atom. The van der Waals surface area contributed by atoms with Crippen LogP contribution in [-0.2, 0) is 0 Å². The van der Waals surface area contributed by atoms with Crippen molar-refractivity contribution >= 4 is 17.2 Å². The summed E-state index contributed by atoms with van der Waals surface area (Å²) in [5.74, 6) is 0.139. The van der Waals surface area contributed by atoms with E-state index in [1.54, 1.807) is 11.3 Å². The minimum absolute atomic E-state index is 0.139. The number of aryl methyl sites for hydroxylation is 1. The van der Waals surface area contributed by atoms with Crippen LogP contribution in [0.4, 0.5) is 0 Å². The van der Waals surface area contributed by atoms with Gasteiger partial charge in [0.25, 0.3) is 5.91 Å². The summed E-state index contributed by atoms with van der Waals surface area (Å²) in [5.41, 5.74) is 1.10. The molecule has 2 nitrogen and oxygen atoms in total. The Labute approximate surface area is 133 Å². The third-order valence-corrected chi connectivity index (χ3v) is 5.52. The molecular formula is C18H29NOS. The summed E-state index contributed by atoms with van der Waals surface area (Å²) < 4.78 is 0. The molecule has 3 heteroatoms. The molecular weight excluding hydrogens is 278 g/mol. The van der Waals surface area contributed by atoms with Crippen LogP contribution in [0.5, 0.6) is 0 Å². The number of thiophene rings is 1. The quantitative estimate of drug-likeness (QED) is 0.772. The van der Waals surface area contributed by atoms with E-state index in [1.807, 2.05) is 18.4 Å². The molecule has 2 rings (SSSR count). The van der Waals surface area contributed by atoms with Gasteiger partial charge in [0.05, 0.1) is 4.88 Å². The minimum atomic E-state index is 0.139. The van der Waals surface area contributed by atoms with Gasteiger partial charge in [-0.05, 0) is 36.8 Å². The van der Waals surface area contributed by atoms with Gasteiger partial charge in [0, 0.05) is 6.04 Å². The number of nitrogens with one attached hydrogen (secondary N) is 1. The summed E-state index contributed by atoms with van der Waals surface area (Å²) >= 11 is 1.56. The summed E-state index contributed by atoms with van der Waals surface area (Å²) in [4.78, 5) is 13.3. The van der Waals surface area contributed by atoms with E-state index in [0.29, 0.717) is 6.04 Å². The van der Waals surface area contributed by atoms with E-state index in [4.69, 9.17) is 0 Å². The molecule has 1 aliphatic carbocycles. The van der Waals surface area contributed by atoms with Crippen molar-refractivity contribution in [3.63, 3.8) is 0 Å².